The second-order valence-corrected chi connectivity index (χ2v) is 3.31. The summed E-state index contributed by atoms with van der Waals surface area (Å²) in [5.74, 6) is -0.954. The highest BCUT2D eigenvalue weighted by molar-refractivity contribution is 5.74. The van der Waals surface area contributed by atoms with Gasteiger partial charge in [-0.15, -0.1) is 0 Å². The topological polar surface area (TPSA) is 46.5 Å². The van der Waals surface area contributed by atoms with Gasteiger partial charge in [-0.1, -0.05) is 30.3 Å². The molecule has 0 saturated heterocycles. The van der Waals surface area contributed by atoms with E-state index in [9.17, 15) is 4.79 Å². The van der Waals surface area contributed by atoms with Crippen molar-refractivity contribution >= 4 is 5.97 Å². The van der Waals surface area contributed by atoms with E-state index in [2.05, 4.69) is 0 Å². The van der Waals surface area contributed by atoms with Crippen LogP contribution in [0, 0.1) is 0 Å². The molecular weight excluding hydrogens is 180 g/mol. The maximum Gasteiger partial charge on any atom is 0.337 e. The molecule has 1 atom stereocenters. The molecule has 1 aromatic rings. The summed E-state index contributed by atoms with van der Waals surface area (Å²) in [5.41, 5.74) is 0.675. The Morgan fingerprint density at radius 3 is 2.29 bits per heavy atom. The Morgan fingerprint density at radius 2 is 1.86 bits per heavy atom. The molecule has 0 radical (unpaired) electrons. The van der Waals surface area contributed by atoms with E-state index in [1.54, 1.807) is 24.3 Å². The van der Waals surface area contributed by atoms with Gasteiger partial charge in [-0.3, -0.25) is 0 Å². The van der Waals surface area contributed by atoms with E-state index in [-0.39, 0.29) is 6.10 Å². The Morgan fingerprint density at radius 1 is 1.29 bits per heavy atom. The van der Waals surface area contributed by atoms with Crippen LogP contribution in [0.15, 0.2) is 30.3 Å². The van der Waals surface area contributed by atoms with Crippen LogP contribution in [0.3, 0.4) is 0 Å². The van der Waals surface area contributed by atoms with Crippen LogP contribution < -0.4 is 0 Å². The largest absolute Gasteiger partial charge is 0.479 e. The van der Waals surface area contributed by atoms with Crippen LogP contribution in [0.2, 0.25) is 0 Å². The Labute approximate surface area is 83.3 Å². The van der Waals surface area contributed by atoms with Gasteiger partial charge < -0.3 is 9.84 Å². The van der Waals surface area contributed by atoms with E-state index in [0.717, 1.165) is 0 Å². The van der Waals surface area contributed by atoms with Gasteiger partial charge in [0.05, 0.1) is 6.10 Å². The van der Waals surface area contributed by atoms with E-state index >= 15 is 0 Å². The van der Waals surface area contributed by atoms with Gasteiger partial charge in [0.15, 0.2) is 6.10 Å². The first-order valence-corrected chi connectivity index (χ1v) is 4.54. The molecule has 0 saturated carbocycles. The van der Waals surface area contributed by atoms with Gasteiger partial charge in [-0.2, -0.15) is 0 Å². The van der Waals surface area contributed by atoms with Crippen LogP contribution in [0.4, 0.5) is 0 Å². The number of hydrogen-bond donors (Lipinski definition) is 1. The maximum atomic E-state index is 10.9. The molecule has 0 unspecified atom stereocenters. The molecule has 14 heavy (non-hydrogen) atoms. The van der Waals surface area contributed by atoms with Gasteiger partial charge in [-0.05, 0) is 19.4 Å². The molecule has 0 spiro atoms. The molecule has 1 N–H and O–H groups in total. The second-order valence-electron chi connectivity index (χ2n) is 3.31. The zero-order valence-electron chi connectivity index (χ0n) is 8.31. The van der Waals surface area contributed by atoms with Crippen LogP contribution in [-0.2, 0) is 9.53 Å². The number of hydrogen-bond acceptors (Lipinski definition) is 2. The molecule has 0 aliphatic carbocycles. The van der Waals surface area contributed by atoms with Gasteiger partial charge in [0.25, 0.3) is 0 Å². The third-order valence-electron chi connectivity index (χ3n) is 1.73. The molecule has 3 nitrogen and oxygen atoms in total. The maximum absolute atomic E-state index is 10.9. The summed E-state index contributed by atoms with van der Waals surface area (Å²) in [7, 11) is 0. The summed E-state index contributed by atoms with van der Waals surface area (Å²) in [4.78, 5) is 10.9. The lowest BCUT2D eigenvalue weighted by Crippen LogP contribution is -2.18. The molecule has 0 heterocycles. The third kappa shape index (κ3) is 2.85. The Hall–Kier alpha value is -1.35. The minimum atomic E-state index is -0.954. The lowest BCUT2D eigenvalue weighted by Gasteiger charge is -2.16. The summed E-state index contributed by atoms with van der Waals surface area (Å²) in [6.07, 6.45) is -0.965. The molecule has 0 amide bonds. The quantitative estimate of drug-likeness (QED) is 0.799. The number of ether oxygens (including phenoxy) is 1. The van der Waals surface area contributed by atoms with Crippen molar-refractivity contribution in [3.8, 4) is 0 Å². The highest BCUT2D eigenvalue weighted by Crippen LogP contribution is 2.18. The summed E-state index contributed by atoms with van der Waals surface area (Å²) in [6, 6.07) is 8.95. The monoisotopic (exact) mass is 194 g/mol. The molecule has 0 aromatic heterocycles. The fourth-order valence-electron chi connectivity index (χ4n) is 1.18. The lowest BCUT2D eigenvalue weighted by atomic mass is 10.1. The SMILES string of the molecule is CC(C)O[C@H](C(=O)O)c1ccccc1. The predicted octanol–water partition coefficient (Wildman–Crippen LogP) is 2.24. The van der Waals surface area contributed by atoms with Crippen molar-refractivity contribution < 1.29 is 14.6 Å². The summed E-state index contributed by atoms with van der Waals surface area (Å²) >= 11 is 0. The number of carboxylic acids is 1. The summed E-state index contributed by atoms with van der Waals surface area (Å²) in [5, 5.41) is 8.95. The van der Waals surface area contributed by atoms with Gasteiger partial charge in [0, 0.05) is 0 Å². The molecule has 76 valence electrons. The minimum Gasteiger partial charge on any atom is -0.479 e. The standard InChI is InChI=1S/C11H14O3/c1-8(2)14-10(11(12)13)9-6-4-3-5-7-9/h3-8,10H,1-2H3,(H,12,13)/t10-/m0/s1. The highest BCUT2D eigenvalue weighted by atomic mass is 16.5. The first kappa shape index (κ1) is 10.7. The Balaban J connectivity index is 2.84. The Kier molecular flexibility index (Phi) is 3.65. The fraction of sp³-hybridized carbons (Fsp3) is 0.364. The number of rotatable bonds is 4. The molecule has 0 bridgehead atoms. The van der Waals surface area contributed by atoms with Gasteiger partial charge in [0.1, 0.15) is 0 Å². The Bertz CT molecular complexity index is 293. The lowest BCUT2D eigenvalue weighted by molar-refractivity contribution is -0.153. The van der Waals surface area contributed by atoms with E-state index in [0.29, 0.717) is 5.56 Å². The average Bonchev–Trinajstić information content (AvgIpc) is 2.15. The van der Waals surface area contributed by atoms with Crippen molar-refractivity contribution in [2.24, 2.45) is 0 Å². The van der Waals surface area contributed by atoms with Crippen molar-refractivity contribution in [1.82, 2.24) is 0 Å². The first-order valence-electron chi connectivity index (χ1n) is 4.54. The van der Waals surface area contributed by atoms with Crippen molar-refractivity contribution in [1.29, 1.82) is 0 Å². The number of carbonyl (C=O) groups is 1. The molecule has 0 aliphatic heterocycles. The second kappa shape index (κ2) is 4.77. The zero-order valence-corrected chi connectivity index (χ0v) is 8.31. The van der Waals surface area contributed by atoms with Crippen LogP contribution in [0.5, 0.6) is 0 Å². The van der Waals surface area contributed by atoms with E-state index in [1.807, 2.05) is 19.9 Å². The molecule has 1 rings (SSSR count). The zero-order chi connectivity index (χ0) is 10.6. The minimum absolute atomic E-state index is 0.101. The van der Waals surface area contributed by atoms with Gasteiger partial charge >= 0.3 is 5.97 Å². The molecule has 3 heteroatoms. The highest BCUT2D eigenvalue weighted by Gasteiger charge is 2.21. The fourth-order valence-corrected chi connectivity index (χ4v) is 1.18. The molecule has 0 fully saturated rings. The van der Waals surface area contributed by atoms with E-state index < -0.39 is 12.1 Å². The number of aliphatic carboxylic acids is 1. The summed E-state index contributed by atoms with van der Waals surface area (Å²) < 4.78 is 5.30. The van der Waals surface area contributed by atoms with Gasteiger partial charge in [-0.25, -0.2) is 4.79 Å². The van der Waals surface area contributed by atoms with Crippen molar-refractivity contribution in [3.05, 3.63) is 35.9 Å². The number of carboxylic acid groups (broad SMARTS) is 1. The van der Waals surface area contributed by atoms with Crippen LogP contribution >= 0.6 is 0 Å². The van der Waals surface area contributed by atoms with Crippen molar-refractivity contribution in [2.45, 2.75) is 26.1 Å². The third-order valence-corrected chi connectivity index (χ3v) is 1.73. The summed E-state index contributed by atoms with van der Waals surface area (Å²) in [6.45, 7) is 3.64. The normalized spacial score (nSPS) is 12.8. The predicted molar refractivity (Wildman–Crippen MR) is 53.0 cm³/mol. The van der Waals surface area contributed by atoms with Crippen molar-refractivity contribution in [2.75, 3.05) is 0 Å². The number of benzene rings is 1. The molecular formula is C11H14O3. The molecule has 0 aliphatic rings. The van der Waals surface area contributed by atoms with E-state index in [4.69, 9.17) is 9.84 Å². The molecule has 1 aromatic carbocycles. The van der Waals surface area contributed by atoms with Crippen molar-refractivity contribution in [3.63, 3.8) is 0 Å². The average molecular weight is 194 g/mol. The van der Waals surface area contributed by atoms with Crippen LogP contribution in [0.1, 0.15) is 25.5 Å². The first-order chi connectivity index (χ1) is 6.61. The van der Waals surface area contributed by atoms with Crippen LogP contribution in [-0.4, -0.2) is 17.2 Å². The van der Waals surface area contributed by atoms with E-state index in [1.165, 1.54) is 0 Å². The smallest absolute Gasteiger partial charge is 0.337 e. The van der Waals surface area contributed by atoms with Gasteiger partial charge in [0.2, 0.25) is 0 Å². The van der Waals surface area contributed by atoms with Crippen LogP contribution in [0.25, 0.3) is 0 Å².